The van der Waals surface area contributed by atoms with Crippen LogP contribution in [-0.4, -0.2) is 26.1 Å². The molecule has 0 aliphatic rings. The number of rotatable bonds is 4. The van der Waals surface area contributed by atoms with E-state index in [1.165, 1.54) is 24.3 Å². The van der Waals surface area contributed by atoms with E-state index in [0.29, 0.717) is 11.6 Å². The van der Waals surface area contributed by atoms with E-state index in [1.807, 2.05) is 0 Å². The minimum atomic E-state index is -0.887. The molecule has 1 amide bonds. The molecule has 0 saturated heterocycles. The van der Waals surface area contributed by atoms with Gasteiger partial charge in [-0.15, -0.1) is 10.2 Å². The van der Waals surface area contributed by atoms with E-state index < -0.39 is 23.4 Å². The van der Waals surface area contributed by atoms with Gasteiger partial charge in [-0.25, -0.2) is 13.2 Å². The van der Waals surface area contributed by atoms with Crippen LogP contribution in [-0.2, 0) is 11.3 Å². The Balaban J connectivity index is 1.68. The third kappa shape index (κ3) is 3.57. The summed E-state index contributed by atoms with van der Waals surface area (Å²) >= 11 is 0. The van der Waals surface area contributed by atoms with Gasteiger partial charge < -0.3 is 5.32 Å². The lowest BCUT2D eigenvalue weighted by Gasteiger charge is -2.05. The second kappa shape index (κ2) is 6.49. The van der Waals surface area contributed by atoms with Crippen LogP contribution in [0.2, 0.25) is 0 Å². The highest BCUT2D eigenvalue weighted by molar-refractivity contribution is 5.90. The molecule has 1 aromatic heterocycles. The average Bonchev–Trinajstić information content (AvgIpc) is 2.99. The van der Waals surface area contributed by atoms with Crippen molar-refractivity contribution < 1.29 is 18.0 Å². The summed E-state index contributed by atoms with van der Waals surface area (Å²) in [6.45, 7) is -0.314. The molecule has 3 rings (SSSR count). The fraction of sp³-hybridized carbons (Fsp3) is 0.0667. The zero-order valence-corrected chi connectivity index (χ0v) is 12.1. The Morgan fingerprint density at radius 1 is 1.04 bits per heavy atom. The van der Waals surface area contributed by atoms with Crippen molar-refractivity contribution in [3.8, 4) is 11.4 Å². The van der Waals surface area contributed by atoms with E-state index in [1.54, 1.807) is 0 Å². The largest absolute Gasteiger partial charge is 0.322 e. The molecule has 2 aromatic carbocycles. The van der Waals surface area contributed by atoms with Crippen LogP contribution in [0.4, 0.5) is 18.9 Å². The first-order chi connectivity index (χ1) is 11.5. The molecule has 3 aromatic rings. The van der Waals surface area contributed by atoms with Crippen LogP contribution in [0, 0.1) is 17.5 Å². The van der Waals surface area contributed by atoms with E-state index in [4.69, 9.17) is 0 Å². The van der Waals surface area contributed by atoms with Gasteiger partial charge in [-0.3, -0.25) is 4.79 Å². The Bertz CT molecular complexity index is 879. The van der Waals surface area contributed by atoms with Crippen molar-refractivity contribution in [1.29, 1.82) is 0 Å². The minimum absolute atomic E-state index is 0.153. The fourth-order valence-electron chi connectivity index (χ4n) is 1.93. The molecule has 1 N–H and O–H groups in total. The van der Waals surface area contributed by atoms with Gasteiger partial charge in [-0.05, 0) is 41.6 Å². The Kier molecular flexibility index (Phi) is 4.23. The zero-order chi connectivity index (χ0) is 17.1. The first-order valence-electron chi connectivity index (χ1n) is 6.80. The summed E-state index contributed by atoms with van der Waals surface area (Å²) in [6, 6.07) is 8.26. The summed E-state index contributed by atoms with van der Waals surface area (Å²) in [6.07, 6.45) is 0. The number of halogens is 3. The van der Waals surface area contributed by atoms with Gasteiger partial charge in [-0.1, -0.05) is 0 Å². The number of hydrogen-bond donors (Lipinski definition) is 1. The topological polar surface area (TPSA) is 72.7 Å². The third-order valence-electron chi connectivity index (χ3n) is 3.05. The molecule has 0 fully saturated rings. The molecular formula is C15H10F3N5O. The maximum absolute atomic E-state index is 13.5. The van der Waals surface area contributed by atoms with Gasteiger partial charge >= 0.3 is 0 Å². The van der Waals surface area contributed by atoms with Gasteiger partial charge in [-0.2, -0.15) is 4.80 Å². The Labute approximate surface area is 133 Å². The van der Waals surface area contributed by atoms with Crippen molar-refractivity contribution >= 4 is 11.6 Å². The van der Waals surface area contributed by atoms with Crippen LogP contribution in [0.5, 0.6) is 0 Å². The van der Waals surface area contributed by atoms with E-state index in [-0.39, 0.29) is 18.1 Å². The van der Waals surface area contributed by atoms with Crippen LogP contribution in [0.25, 0.3) is 11.4 Å². The number of tetrazole rings is 1. The lowest BCUT2D eigenvalue weighted by molar-refractivity contribution is -0.117. The van der Waals surface area contributed by atoms with Gasteiger partial charge in [0.1, 0.15) is 24.0 Å². The fourth-order valence-corrected chi connectivity index (χ4v) is 1.93. The lowest BCUT2D eigenvalue weighted by atomic mass is 10.2. The highest BCUT2D eigenvalue weighted by Gasteiger charge is 2.12. The molecule has 24 heavy (non-hydrogen) atoms. The molecule has 6 nitrogen and oxygen atoms in total. The number of benzene rings is 2. The van der Waals surface area contributed by atoms with Gasteiger partial charge in [0.2, 0.25) is 11.7 Å². The second-order valence-electron chi connectivity index (χ2n) is 4.82. The molecule has 9 heteroatoms. The number of anilines is 1. The number of nitrogens with one attached hydrogen (secondary N) is 1. The van der Waals surface area contributed by atoms with Gasteiger partial charge in [0.05, 0.1) is 5.69 Å². The molecule has 122 valence electrons. The number of carbonyl (C=O) groups excluding carboxylic acids is 1. The molecule has 0 bridgehead atoms. The van der Waals surface area contributed by atoms with Crippen molar-refractivity contribution in [1.82, 2.24) is 20.2 Å². The number of nitrogens with zero attached hydrogens (tertiary/aromatic N) is 4. The average molecular weight is 333 g/mol. The predicted octanol–water partition coefficient (Wildman–Crippen LogP) is 2.40. The predicted molar refractivity (Wildman–Crippen MR) is 78.2 cm³/mol. The second-order valence-corrected chi connectivity index (χ2v) is 4.82. The molecule has 0 unspecified atom stereocenters. The minimum Gasteiger partial charge on any atom is -0.322 e. The Morgan fingerprint density at radius 2 is 1.75 bits per heavy atom. The van der Waals surface area contributed by atoms with Crippen LogP contribution in [0.1, 0.15) is 0 Å². The van der Waals surface area contributed by atoms with Gasteiger partial charge in [0.25, 0.3) is 0 Å². The van der Waals surface area contributed by atoms with Crippen molar-refractivity contribution in [2.24, 2.45) is 0 Å². The Morgan fingerprint density at radius 3 is 2.46 bits per heavy atom. The molecule has 0 atom stereocenters. The first-order valence-corrected chi connectivity index (χ1v) is 6.80. The van der Waals surface area contributed by atoms with Crippen LogP contribution in [0.15, 0.2) is 42.5 Å². The quantitative estimate of drug-likeness (QED) is 0.796. The summed E-state index contributed by atoms with van der Waals surface area (Å²) in [7, 11) is 0. The first kappa shape index (κ1) is 15.7. The van der Waals surface area contributed by atoms with Crippen molar-refractivity contribution in [3.05, 3.63) is 59.9 Å². The summed E-state index contributed by atoms with van der Waals surface area (Å²) in [4.78, 5) is 12.9. The summed E-state index contributed by atoms with van der Waals surface area (Å²) < 4.78 is 39.2. The van der Waals surface area contributed by atoms with Crippen LogP contribution < -0.4 is 5.32 Å². The SMILES string of the molecule is O=C(Cn1nnc(-c2ccc(F)cc2)n1)Nc1ccc(F)cc1F. The molecule has 0 radical (unpaired) electrons. The molecular weight excluding hydrogens is 323 g/mol. The molecule has 0 aliphatic carbocycles. The van der Waals surface area contributed by atoms with E-state index in [9.17, 15) is 18.0 Å². The van der Waals surface area contributed by atoms with E-state index in [2.05, 4.69) is 20.7 Å². The number of hydrogen-bond acceptors (Lipinski definition) is 4. The number of aromatic nitrogens is 4. The summed E-state index contributed by atoms with van der Waals surface area (Å²) in [5.41, 5.74) is 0.382. The third-order valence-corrected chi connectivity index (χ3v) is 3.05. The van der Waals surface area contributed by atoms with Crippen molar-refractivity contribution in [2.45, 2.75) is 6.54 Å². The molecule has 0 saturated carbocycles. The van der Waals surface area contributed by atoms with E-state index in [0.717, 1.165) is 16.9 Å². The zero-order valence-electron chi connectivity index (χ0n) is 12.1. The monoisotopic (exact) mass is 333 g/mol. The number of amides is 1. The standard InChI is InChI=1S/C15H10F3N5O/c16-10-3-1-9(2-4-10)15-20-22-23(21-15)8-14(24)19-13-6-5-11(17)7-12(13)18/h1-7H,8H2,(H,19,24). The van der Waals surface area contributed by atoms with Crippen molar-refractivity contribution in [2.75, 3.05) is 5.32 Å². The Hall–Kier alpha value is -3.23. The van der Waals surface area contributed by atoms with Gasteiger partial charge in [0.15, 0.2) is 0 Å². The van der Waals surface area contributed by atoms with E-state index >= 15 is 0 Å². The molecule has 0 spiro atoms. The maximum Gasteiger partial charge on any atom is 0.248 e. The molecule has 0 aliphatic heterocycles. The van der Waals surface area contributed by atoms with Crippen LogP contribution in [0.3, 0.4) is 0 Å². The summed E-state index contributed by atoms with van der Waals surface area (Å²) in [5.74, 6) is -2.42. The smallest absolute Gasteiger partial charge is 0.248 e. The number of carbonyl (C=O) groups is 1. The lowest BCUT2D eigenvalue weighted by Crippen LogP contribution is -2.21. The normalized spacial score (nSPS) is 10.6. The highest BCUT2D eigenvalue weighted by Crippen LogP contribution is 2.15. The van der Waals surface area contributed by atoms with Gasteiger partial charge in [0, 0.05) is 11.6 Å². The highest BCUT2D eigenvalue weighted by atomic mass is 19.1. The maximum atomic E-state index is 13.5. The van der Waals surface area contributed by atoms with Crippen molar-refractivity contribution in [3.63, 3.8) is 0 Å². The summed E-state index contributed by atoms with van der Waals surface area (Å²) in [5, 5.41) is 13.7. The molecule has 1 heterocycles. The van der Waals surface area contributed by atoms with Crippen LogP contribution >= 0.6 is 0 Å².